The second-order valence-corrected chi connectivity index (χ2v) is 31.0. The molecule has 0 unspecified atom stereocenters. The minimum atomic E-state index is -2.94. The lowest BCUT2D eigenvalue weighted by Crippen LogP contribution is -2.60. The number of unbranched alkanes of at least 4 members (excludes halogenated alkanes) is 3. The molecule has 0 bridgehead atoms. The van der Waals surface area contributed by atoms with Crippen molar-refractivity contribution in [2.75, 3.05) is 59.5 Å². The molecule has 0 aliphatic rings. The van der Waals surface area contributed by atoms with Crippen LogP contribution in [-0.2, 0) is 40.8 Å². The first-order chi connectivity index (χ1) is 23.8. The molecule has 0 aromatic carbocycles. The van der Waals surface area contributed by atoms with E-state index in [9.17, 15) is 0 Å². The fraction of sp³-hybridized carbons (Fsp3) is 0.838. The summed E-state index contributed by atoms with van der Waals surface area (Å²) >= 11 is 0. The van der Waals surface area contributed by atoms with Gasteiger partial charge in [-0.1, -0.05) is 18.2 Å². The van der Waals surface area contributed by atoms with Gasteiger partial charge in [-0.3, -0.25) is 0 Å². The Kier molecular flexibility index (Phi) is 30.2. The summed E-state index contributed by atoms with van der Waals surface area (Å²) in [6, 6.07) is 3.04. The SMILES string of the molecule is C/C=C/OCCCCOCCC[Si](C)(C)O[Si](C)(O[Si](C)(C)CCCOCCCCO/C=C/C)O[Si](C)(C)CCCOCCCCO/C=C/C. The normalized spacial score (nSPS) is 13.3. The molecule has 0 rings (SSSR count). The highest BCUT2D eigenvalue weighted by Gasteiger charge is 2.48. The van der Waals surface area contributed by atoms with Crippen LogP contribution < -0.4 is 0 Å². The molecule has 0 saturated heterocycles. The maximum atomic E-state index is 7.11. The van der Waals surface area contributed by atoms with Gasteiger partial charge in [0, 0.05) is 46.2 Å². The van der Waals surface area contributed by atoms with Gasteiger partial charge in [0.05, 0.1) is 38.6 Å². The van der Waals surface area contributed by atoms with Crippen LogP contribution in [0, 0.1) is 0 Å². The summed E-state index contributed by atoms with van der Waals surface area (Å²) in [5.41, 5.74) is 0. The van der Waals surface area contributed by atoms with Crippen LogP contribution >= 0.6 is 0 Å². The van der Waals surface area contributed by atoms with Crippen molar-refractivity contribution in [3.63, 3.8) is 0 Å². The molecule has 0 atom stereocenters. The van der Waals surface area contributed by atoms with Gasteiger partial charge in [0.1, 0.15) is 0 Å². The van der Waals surface area contributed by atoms with E-state index >= 15 is 0 Å². The summed E-state index contributed by atoms with van der Waals surface area (Å²) in [6.45, 7) is 28.7. The van der Waals surface area contributed by atoms with Crippen LogP contribution in [0.25, 0.3) is 0 Å². The molecule has 296 valence electrons. The Morgan fingerprint density at radius 3 is 0.840 bits per heavy atom. The lowest BCUT2D eigenvalue weighted by Gasteiger charge is -2.43. The quantitative estimate of drug-likeness (QED) is 0.0351. The van der Waals surface area contributed by atoms with E-state index in [1.54, 1.807) is 18.8 Å². The van der Waals surface area contributed by atoms with E-state index in [-0.39, 0.29) is 0 Å². The van der Waals surface area contributed by atoms with Crippen LogP contribution in [0.5, 0.6) is 0 Å². The van der Waals surface area contributed by atoms with Crippen molar-refractivity contribution >= 4 is 33.8 Å². The molecule has 50 heavy (non-hydrogen) atoms. The molecule has 0 spiro atoms. The highest BCUT2D eigenvalue weighted by molar-refractivity contribution is 6.90. The molecule has 0 aliphatic carbocycles. The molecule has 9 nitrogen and oxygen atoms in total. The van der Waals surface area contributed by atoms with E-state index in [4.69, 9.17) is 40.8 Å². The maximum Gasteiger partial charge on any atom is 0.466 e. The highest BCUT2D eigenvalue weighted by Crippen LogP contribution is 2.31. The molecule has 0 fully saturated rings. The zero-order valence-electron chi connectivity index (χ0n) is 34.0. The summed E-state index contributed by atoms with van der Waals surface area (Å²) in [7, 11) is -9.21. The Bertz CT molecular complexity index is 763. The number of hydrogen-bond acceptors (Lipinski definition) is 9. The van der Waals surface area contributed by atoms with E-state index in [1.807, 2.05) is 39.0 Å². The second-order valence-electron chi connectivity index (χ2n) is 14.7. The van der Waals surface area contributed by atoms with E-state index < -0.39 is 33.8 Å². The predicted molar refractivity (Wildman–Crippen MR) is 218 cm³/mol. The van der Waals surface area contributed by atoms with Crippen LogP contribution in [0.2, 0.25) is 64.0 Å². The topological polar surface area (TPSA) is 83.1 Å². The van der Waals surface area contributed by atoms with Crippen LogP contribution in [0.1, 0.15) is 78.6 Å². The fourth-order valence-electron chi connectivity index (χ4n) is 5.49. The van der Waals surface area contributed by atoms with Gasteiger partial charge in [0.25, 0.3) is 0 Å². The van der Waals surface area contributed by atoms with Gasteiger partial charge in [-0.25, -0.2) is 0 Å². The first-order valence-electron chi connectivity index (χ1n) is 19.3. The molecule has 13 heteroatoms. The van der Waals surface area contributed by atoms with E-state index in [0.29, 0.717) is 0 Å². The lowest BCUT2D eigenvalue weighted by molar-refractivity contribution is 0.122. The largest absolute Gasteiger partial charge is 0.502 e. The van der Waals surface area contributed by atoms with Crippen LogP contribution in [-0.4, -0.2) is 93.2 Å². The minimum Gasteiger partial charge on any atom is -0.502 e. The molecule has 0 heterocycles. The molecule has 0 aromatic rings. The Balaban J connectivity index is 5.02. The first-order valence-corrected chi connectivity index (χ1v) is 30.9. The van der Waals surface area contributed by atoms with Gasteiger partial charge in [-0.15, -0.1) is 0 Å². The van der Waals surface area contributed by atoms with Gasteiger partial charge in [-0.05, 0) is 136 Å². The average molecular weight is 779 g/mol. The molecular formula is C37H78O9Si4. The first kappa shape index (κ1) is 49.2. The molecule has 0 radical (unpaired) electrons. The smallest absolute Gasteiger partial charge is 0.466 e. The number of ether oxygens (including phenoxy) is 6. The Labute approximate surface area is 312 Å². The third kappa shape index (κ3) is 31.9. The number of hydrogen-bond donors (Lipinski definition) is 0. The number of allylic oxidation sites excluding steroid dienone is 3. The minimum absolute atomic E-state index is 0.741. The summed E-state index contributed by atoms with van der Waals surface area (Å²) < 4.78 is 55.3. The van der Waals surface area contributed by atoms with E-state index in [0.717, 1.165) is 135 Å². The van der Waals surface area contributed by atoms with Crippen molar-refractivity contribution in [1.29, 1.82) is 0 Å². The molecule has 0 amide bonds. The van der Waals surface area contributed by atoms with Crippen molar-refractivity contribution in [3.8, 4) is 0 Å². The van der Waals surface area contributed by atoms with Gasteiger partial charge in [0.15, 0.2) is 25.0 Å². The van der Waals surface area contributed by atoms with Crippen molar-refractivity contribution in [2.24, 2.45) is 0 Å². The van der Waals surface area contributed by atoms with Gasteiger partial charge in [0.2, 0.25) is 0 Å². The van der Waals surface area contributed by atoms with Crippen molar-refractivity contribution in [2.45, 2.75) is 143 Å². The summed E-state index contributed by atoms with van der Waals surface area (Å²) in [5.74, 6) is 0. The molecular weight excluding hydrogens is 701 g/mol. The van der Waals surface area contributed by atoms with Gasteiger partial charge in [-0.2, -0.15) is 0 Å². The van der Waals surface area contributed by atoms with Gasteiger partial charge < -0.3 is 40.8 Å². The van der Waals surface area contributed by atoms with Crippen molar-refractivity contribution in [3.05, 3.63) is 37.0 Å². The highest BCUT2D eigenvalue weighted by atomic mass is 28.5. The van der Waals surface area contributed by atoms with Crippen LogP contribution in [0.3, 0.4) is 0 Å². The third-order valence-electron chi connectivity index (χ3n) is 7.69. The van der Waals surface area contributed by atoms with E-state index in [2.05, 4.69) is 45.8 Å². The monoisotopic (exact) mass is 778 g/mol. The third-order valence-corrected chi connectivity index (χ3v) is 23.4. The average Bonchev–Trinajstić information content (AvgIpc) is 3.02. The second kappa shape index (κ2) is 30.7. The zero-order valence-corrected chi connectivity index (χ0v) is 38.0. The Morgan fingerprint density at radius 2 is 0.580 bits per heavy atom. The summed E-state index contributed by atoms with van der Waals surface area (Å²) in [6.07, 6.45) is 19.9. The molecule has 0 saturated carbocycles. The van der Waals surface area contributed by atoms with Gasteiger partial charge >= 0.3 is 8.80 Å². The zero-order chi connectivity index (χ0) is 37.5. The Morgan fingerprint density at radius 1 is 0.340 bits per heavy atom. The standard InChI is InChI=1S/C37H78O9Si4/c1-11-23-38-26-14-17-29-41-32-20-35-47(4,5)44-50(10,45-48(6,7)36-21-33-42-30-18-15-27-39-24-12-2)46-49(8,9)37-22-34-43-31-19-16-28-40-25-13-3/h11-13,23-25H,14-22,26-37H2,1-10H3/b23-11+,24-12+,25-13+. The number of rotatable bonds is 36. The van der Waals surface area contributed by atoms with Crippen LogP contribution in [0.4, 0.5) is 0 Å². The predicted octanol–water partition coefficient (Wildman–Crippen LogP) is 10.4. The fourth-order valence-corrected chi connectivity index (χ4v) is 23.4. The van der Waals surface area contributed by atoms with E-state index in [1.165, 1.54) is 0 Å². The summed E-state index contributed by atoms with van der Waals surface area (Å²) in [4.78, 5) is 0. The molecule has 0 aromatic heterocycles. The summed E-state index contributed by atoms with van der Waals surface area (Å²) in [5, 5.41) is 0. The lowest BCUT2D eigenvalue weighted by atomic mass is 10.3. The van der Waals surface area contributed by atoms with Crippen molar-refractivity contribution in [1.82, 2.24) is 0 Å². The Hall–Kier alpha value is -0.752. The molecule has 0 aliphatic heterocycles. The maximum absolute atomic E-state index is 7.11. The molecule has 0 N–H and O–H groups in total. The van der Waals surface area contributed by atoms with Crippen molar-refractivity contribution < 1.29 is 40.8 Å². The van der Waals surface area contributed by atoms with Crippen LogP contribution in [0.15, 0.2) is 37.0 Å².